The number of aryl methyl sites for hydroxylation is 2. The van der Waals surface area contributed by atoms with Gasteiger partial charge in [0.1, 0.15) is 11.0 Å². The fraction of sp³-hybridized carbons (Fsp3) is 0.509. The average Bonchev–Trinajstić information content (AvgIpc) is 1.50. The third-order valence-electron chi connectivity index (χ3n) is 26.5. The molecule has 10 nitrogen and oxygen atoms in total. The van der Waals surface area contributed by atoms with Gasteiger partial charge in [0.15, 0.2) is 11.6 Å². The third-order valence-corrected chi connectivity index (χ3v) is 32.2. The molecular weight excluding hydrogens is 1580 g/mol. The first-order chi connectivity index (χ1) is 59.6. The number of nitriles is 2. The Labute approximate surface area is 740 Å². The Morgan fingerprint density at radius 1 is 0.388 bits per heavy atom. The summed E-state index contributed by atoms with van der Waals surface area (Å²) in [5, 5.41) is 28.1. The lowest BCUT2D eigenvalue weighted by atomic mass is 9.93. The first-order valence-corrected chi connectivity index (χ1v) is 51.2. The lowest BCUT2D eigenvalue weighted by molar-refractivity contribution is 0.103. The van der Waals surface area contributed by atoms with Crippen LogP contribution in [0.15, 0.2) is 95.3 Å². The molecule has 2 aliphatic carbocycles. The van der Waals surface area contributed by atoms with Gasteiger partial charge in [0.2, 0.25) is 0 Å². The Balaban J connectivity index is 1.05. The van der Waals surface area contributed by atoms with Crippen molar-refractivity contribution < 1.29 is 9.59 Å². The highest BCUT2D eigenvalue weighted by molar-refractivity contribution is 7.35. The average molecular weight is 1700 g/mol. The van der Waals surface area contributed by atoms with E-state index in [1.54, 1.807) is 0 Å². The smallest absolute Gasteiger partial charge is 0.270 e. The van der Waals surface area contributed by atoms with E-state index < -0.39 is 0 Å². The van der Waals surface area contributed by atoms with Gasteiger partial charge < -0.3 is 9.13 Å². The van der Waals surface area contributed by atoms with E-state index in [1.165, 1.54) is 302 Å². The normalized spacial score (nSPS) is 15.1. The standard InChI is InChI=1S/C106H126N8O2S5/c1-9-15-21-27-31-33-35-39-45-59-77-87(65-83-89(85(67-107)109-7)79-61-73-55-47-49-57-75(73)63-81(79)99(83)115)117-105-97-103(119-101(77)105)91-93-94(112-121-111-93)92-96(95(91)113(97)69-71(51-41-25-19-13-5)53-43-37-29-23-17-11-3)114(70-72(52-42-26-20-14-6)54-44-38-30-24-18-12-4)98-104(92)120-102-78(60-46-40-36-34-32-28-22-16-10-2)88(118-106(98)102)66-84-90(86(68-108)110-8)80-62-74-56-48-50-58-76(74)64-82(80)100(84)116/h47-50,55-58,61-66,71-72H,9-46,51-54,59-60,69-70H2,1-6H3/b83-65-,84-66-,89-85-,90-86+. The number of carbonyl (C=O) groups is 2. The van der Waals surface area contributed by atoms with Crippen LogP contribution in [0.1, 0.15) is 364 Å². The number of nitrogens with zero attached hydrogens (tertiary/aromatic N) is 8. The minimum Gasteiger partial charge on any atom is -0.337 e. The van der Waals surface area contributed by atoms with Gasteiger partial charge in [0.05, 0.1) is 87.3 Å². The Bertz CT molecular complexity index is 5600. The molecule has 15 heteroatoms. The lowest BCUT2D eigenvalue weighted by Crippen LogP contribution is -2.14. The summed E-state index contributed by atoms with van der Waals surface area (Å²) in [7, 11) is 0. The maximum atomic E-state index is 15.5. The van der Waals surface area contributed by atoms with Gasteiger partial charge in [-0.1, -0.05) is 321 Å². The van der Waals surface area contributed by atoms with Crippen molar-refractivity contribution in [2.75, 3.05) is 0 Å². The Hall–Kier alpha value is -8.38. The molecule has 0 N–H and O–H groups in total. The number of ketones is 2. The largest absolute Gasteiger partial charge is 0.337 e. The van der Waals surface area contributed by atoms with Gasteiger partial charge in [-0.15, -0.1) is 45.3 Å². The fourth-order valence-electron chi connectivity index (χ4n) is 20.0. The van der Waals surface area contributed by atoms with Gasteiger partial charge in [-0.25, -0.2) is 20.2 Å². The molecule has 0 fully saturated rings. The highest BCUT2D eigenvalue weighted by Crippen LogP contribution is 2.57. The molecule has 5 aromatic carbocycles. The van der Waals surface area contributed by atoms with Crippen LogP contribution in [-0.2, 0) is 25.9 Å². The zero-order valence-electron chi connectivity index (χ0n) is 73.2. The number of fused-ring (bicyclic) bond motifs is 18. The quantitative estimate of drug-likeness (QED) is 0.0162. The SMILES string of the molecule is [C-]#[N+]/C(C#N)=C1\C(=C\c2sc3c(sc4c5c6nsnc6c6c7sc8c(CCCCCCCCCCC)c(/C=C9\C(=O)c%10cc%11ccccc%11cc%10\C9=C(\C#N)[N+]#[C-])sc8c7n(CC(CCCCCC)CCCCCCCC)c6c5n(CC(CCCCCC)CCCCCCCC)c34)c2CCCCCCCCCCC)C(=O)c2cc3ccccc3cc21. The van der Waals surface area contributed by atoms with E-state index in [0.29, 0.717) is 56.4 Å². The van der Waals surface area contributed by atoms with E-state index in [0.717, 1.165) is 120 Å². The highest BCUT2D eigenvalue weighted by Gasteiger charge is 2.38. The van der Waals surface area contributed by atoms with Crippen molar-refractivity contribution in [3.05, 3.63) is 161 Å². The minimum absolute atomic E-state index is 0.0581. The van der Waals surface area contributed by atoms with E-state index in [4.69, 9.17) is 21.9 Å². The zero-order chi connectivity index (χ0) is 84.1. The molecule has 14 rings (SSSR count). The van der Waals surface area contributed by atoms with Crippen LogP contribution < -0.4 is 0 Å². The number of hydrogen-bond acceptors (Lipinski definition) is 11. The molecule has 0 spiro atoms. The zero-order valence-corrected chi connectivity index (χ0v) is 77.3. The number of allylic oxidation sites excluding steroid dienone is 6. The summed E-state index contributed by atoms with van der Waals surface area (Å²) >= 11 is 8.86. The van der Waals surface area contributed by atoms with Gasteiger partial charge >= 0.3 is 0 Å². The summed E-state index contributed by atoms with van der Waals surface area (Å²) in [4.78, 5) is 41.0. The summed E-state index contributed by atoms with van der Waals surface area (Å²) in [6.07, 6.45) is 56.8. The second-order valence-corrected chi connectivity index (χ2v) is 39.9. The maximum absolute atomic E-state index is 15.5. The van der Waals surface area contributed by atoms with Crippen LogP contribution in [0.25, 0.3) is 127 Å². The summed E-state index contributed by atoms with van der Waals surface area (Å²) in [6, 6.07) is 28.8. The van der Waals surface area contributed by atoms with E-state index in [-0.39, 0.29) is 23.0 Å². The van der Waals surface area contributed by atoms with Gasteiger partial charge in [-0.05, 0) is 143 Å². The summed E-state index contributed by atoms with van der Waals surface area (Å²) < 4.78 is 24.4. The molecule has 2 unspecified atom stereocenters. The number of hydrogen-bond donors (Lipinski definition) is 0. The van der Waals surface area contributed by atoms with Crippen LogP contribution in [0.5, 0.6) is 0 Å². The van der Waals surface area contributed by atoms with Crippen LogP contribution in [0, 0.1) is 47.6 Å². The molecule has 12 aromatic rings. The van der Waals surface area contributed by atoms with Crippen molar-refractivity contribution in [1.82, 2.24) is 17.9 Å². The summed E-state index contributed by atoms with van der Waals surface area (Å²) in [6.45, 7) is 32.6. The molecule has 0 bridgehead atoms. The Kier molecular flexibility index (Phi) is 32.2. The van der Waals surface area contributed by atoms with Crippen molar-refractivity contribution in [2.45, 2.75) is 337 Å². The second-order valence-electron chi connectivity index (χ2n) is 35.3. The molecule has 7 heterocycles. The number of aromatic nitrogens is 4. The number of benzene rings is 5. The van der Waals surface area contributed by atoms with Crippen molar-refractivity contribution in [3.63, 3.8) is 0 Å². The molecule has 2 atom stereocenters. The molecule has 0 aliphatic heterocycles. The van der Waals surface area contributed by atoms with Crippen LogP contribution in [0.4, 0.5) is 0 Å². The predicted octanol–water partition coefficient (Wildman–Crippen LogP) is 34.5. The van der Waals surface area contributed by atoms with Gasteiger partial charge in [0, 0.05) is 67.0 Å². The van der Waals surface area contributed by atoms with Crippen molar-refractivity contribution in [3.8, 4) is 12.1 Å². The number of rotatable bonds is 50. The van der Waals surface area contributed by atoms with E-state index in [1.807, 2.05) is 106 Å². The Morgan fingerprint density at radius 3 is 1.00 bits per heavy atom. The van der Waals surface area contributed by atoms with Crippen molar-refractivity contribution in [2.24, 2.45) is 11.8 Å². The fourth-order valence-corrected chi connectivity index (χ4v) is 26.4. The molecule has 7 aromatic heterocycles. The number of carbonyl (C=O) groups excluding carboxylic acids is 2. The Morgan fingerprint density at radius 2 is 0.686 bits per heavy atom. The van der Waals surface area contributed by atoms with E-state index in [2.05, 4.69) is 96.8 Å². The molecule has 0 radical (unpaired) electrons. The predicted molar refractivity (Wildman–Crippen MR) is 523 cm³/mol. The topological polar surface area (TPSA) is 126 Å². The van der Waals surface area contributed by atoms with Crippen molar-refractivity contribution >= 4 is 186 Å². The third kappa shape index (κ3) is 19.6. The molecule has 121 heavy (non-hydrogen) atoms. The van der Waals surface area contributed by atoms with Gasteiger partial charge in [-0.2, -0.15) is 8.75 Å². The maximum Gasteiger partial charge on any atom is 0.270 e. The summed E-state index contributed by atoms with van der Waals surface area (Å²) in [5.41, 5.74) is 13.5. The van der Waals surface area contributed by atoms with Crippen LogP contribution >= 0.6 is 57.1 Å². The van der Waals surface area contributed by atoms with Crippen LogP contribution in [-0.4, -0.2) is 29.4 Å². The molecule has 0 amide bonds. The first kappa shape index (κ1) is 88.9. The number of Topliss-reactive ketones (excluding diaryl/α,β-unsaturated/α-hetero) is 2. The highest BCUT2D eigenvalue weighted by atomic mass is 32.1. The number of unbranched alkanes of at least 4 members (excludes halogenated alkanes) is 32. The molecule has 632 valence electrons. The monoisotopic (exact) mass is 1700 g/mol. The molecule has 0 saturated heterocycles. The van der Waals surface area contributed by atoms with Crippen molar-refractivity contribution in [1.29, 1.82) is 10.5 Å². The second kappa shape index (κ2) is 43.8. The number of thiophene rings is 4. The minimum atomic E-state index is -0.139. The van der Waals surface area contributed by atoms with Crippen LogP contribution in [0.3, 0.4) is 0 Å². The summed E-state index contributed by atoms with van der Waals surface area (Å²) in [5.74, 6) is 0.514. The first-order valence-electron chi connectivity index (χ1n) is 47.2. The van der Waals surface area contributed by atoms with Gasteiger partial charge in [0.25, 0.3) is 11.4 Å². The molecule has 2 aliphatic rings. The van der Waals surface area contributed by atoms with E-state index >= 15 is 9.59 Å². The molecular formula is C106H126N8O2S5. The van der Waals surface area contributed by atoms with Crippen LogP contribution in [0.2, 0.25) is 0 Å². The lowest BCUT2D eigenvalue weighted by Gasteiger charge is -2.22. The molecule has 0 saturated carbocycles. The van der Waals surface area contributed by atoms with Gasteiger partial charge in [-0.3, -0.25) is 9.59 Å². The van der Waals surface area contributed by atoms with E-state index in [9.17, 15) is 10.5 Å².